The molecule has 0 aromatic heterocycles. The van der Waals surface area contributed by atoms with E-state index >= 15 is 0 Å². The zero-order valence-electron chi connectivity index (χ0n) is 6.44. The number of carboxylic acids is 1. The molecule has 0 fully saturated rings. The van der Waals surface area contributed by atoms with Gasteiger partial charge in [-0.25, -0.2) is 9.18 Å². The first-order chi connectivity index (χ1) is 5.00. The summed E-state index contributed by atoms with van der Waals surface area (Å²) in [5.41, 5.74) is -0.704. The standard InChI is InChI=1S/C7H10FNO2/c1-3-5(9)6(4(2)8)7(10)11/h9H,3H2,1-2H3,(H,10,11)/b6-4-,9-5?. The number of hydrogen-bond donors (Lipinski definition) is 2. The van der Waals surface area contributed by atoms with Crippen molar-refractivity contribution in [1.82, 2.24) is 0 Å². The normalized spacial score (nSPS) is 12.3. The van der Waals surface area contributed by atoms with Crippen molar-refractivity contribution in [3.8, 4) is 0 Å². The van der Waals surface area contributed by atoms with Crippen LogP contribution in [0.15, 0.2) is 11.4 Å². The minimum absolute atomic E-state index is 0.183. The molecule has 0 heterocycles. The summed E-state index contributed by atoms with van der Waals surface area (Å²) < 4.78 is 12.4. The van der Waals surface area contributed by atoms with E-state index in [1.54, 1.807) is 6.92 Å². The number of carboxylic acid groups (broad SMARTS) is 1. The maximum Gasteiger partial charge on any atom is 0.340 e. The SMILES string of the molecule is CCC(=N)/C(C(=O)O)=C(\C)F. The predicted molar refractivity (Wildman–Crippen MR) is 39.5 cm³/mol. The van der Waals surface area contributed by atoms with E-state index < -0.39 is 17.4 Å². The number of allylic oxidation sites excluding steroid dienone is 1. The second-order valence-electron chi connectivity index (χ2n) is 2.05. The van der Waals surface area contributed by atoms with Crippen LogP contribution in [0.2, 0.25) is 0 Å². The van der Waals surface area contributed by atoms with Gasteiger partial charge in [-0.1, -0.05) is 6.92 Å². The van der Waals surface area contributed by atoms with Gasteiger partial charge >= 0.3 is 5.97 Å². The van der Waals surface area contributed by atoms with Crippen molar-refractivity contribution in [3.63, 3.8) is 0 Å². The molecule has 0 saturated heterocycles. The van der Waals surface area contributed by atoms with Crippen LogP contribution in [-0.2, 0) is 4.79 Å². The third-order valence-electron chi connectivity index (χ3n) is 1.21. The quantitative estimate of drug-likeness (QED) is 0.486. The van der Waals surface area contributed by atoms with Gasteiger partial charge < -0.3 is 10.5 Å². The Bertz CT molecular complexity index is 216. The monoisotopic (exact) mass is 159 g/mol. The average Bonchev–Trinajstić information content (AvgIpc) is 1.85. The molecule has 0 aliphatic heterocycles. The smallest absolute Gasteiger partial charge is 0.340 e. The minimum atomic E-state index is -1.38. The molecule has 62 valence electrons. The van der Waals surface area contributed by atoms with Crippen molar-refractivity contribution in [3.05, 3.63) is 11.4 Å². The molecular formula is C7H10FNO2. The van der Waals surface area contributed by atoms with Crippen molar-refractivity contribution >= 4 is 11.7 Å². The van der Waals surface area contributed by atoms with Gasteiger partial charge in [0, 0.05) is 5.71 Å². The lowest BCUT2D eigenvalue weighted by atomic mass is 10.1. The Labute approximate surface area is 64.0 Å². The van der Waals surface area contributed by atoms with Crippen LogP contribution in [0.5, 0.6) is 0 Å². The molecule has 3 nitrogen and oxygen atoms in total. The fourth-order valence-corrected chi connectivity index (χ4v) is 0.661. The summed E-state index contributed by atoms with van der Waals surface area (Å²) in [5.74, 6) is -2.19. The van der Waals surface area contributed by atoms with E-state index in [4.69, 9.17) is 10.5 Å². The second-order valence-corrected chi connectivity index (χ2v) is 2.05. The number of hydrogen-bond acceptors (Lipinski definition) is 2. The zero-order chi connectivity index (χ0) is 9.02. The van der Waals surface area contributed by atoms with Crippen LogP contribution in [0.25, 0.3) is 0 Å². The van der Waals surface area contributed by atoms with Crippen molar-refractivity contribution in [2.45, 2.75) is 20.3 Å². The number of carbonyl (C=O) groups is 1. The van der Waals surface area contributed by atoms with Crippen molar-refractivity contribution in [2.75, 3.05) is 0 Å². The highest BCUT2D eigenvalue weighted by molar-refractivity contribution is 6.18. The average molecular weight is 159 g/mol. The van der Waals surface area contributed by atoms with Crippen LogP contribution in [0.4, 0.5) is 4.39 Å². The van der Waals surface area contributed by atoms with Crippen LogP contribution in [0.3, 0.4) is 0 Å². The highest BCUT2D eigenvalue weighted by Gasteiger charge is 2.15. The van der Waals surface area contributed by atoms with Gasteiger partial charge in [0.2, 0.25) is 0 Å². The van der Waals surface area contributed by atoms with Gasteiger partial charge in [-0.2, -0.15) is 0 Å². The Morgan fingerprint density at radius 1 is 1.64 bits per heavy atom. The van der Waals surface area contributed by atoms with E-state index in [9.17, 15) is 9.18 Å². The van der Waals surface area contributed by atoms with E-state index in [2.05, 4.69) is 0 Å². The lowest BCUT2D eigenvalue weighted by molar-refractivity contribution is -0.132. The molecule has 0 unspecified atom stereocenters. The summed E-state index contributed by atoms with van der Waals surface area (Å²) in [5, 5.41) is 15.5. The maximum absolute atomic E-state index is 12.4. The molecule has 11 heavy (non-hydrogen) atoms. The Kier molecular flexibility index (Phi) is 3.44. The Hall–Kier alpha value is -1.19. The first kappa shape index (κ1) is 9.81. The number of aliphatic carboxylic acids is 1. The topological polar surface area (TPSA) is 61.2 Å². The van der Waals surface area contributed by atoms with Crippen LogP contribution < -0.4 is 0 Å². The number of rotatable bonds is 3. The van der Waals surface area contributed by atoms with E-state index in [0.717, 1.165) is 6.92 Å². The molecule has 0 rings (SSSR count). The predicted octanol–water partition coefficient (Wildman–Crippen LogP) is 1.74. The molecule has 0 saturated carbocycles. The first-order valence-corrected chi connectivity index (χ1v) is 3.18. The Balaban J connectivity index is 4.79. The first-order valence-electron chi connectivity index (χ1n) is 3.18. The molecule has 0 spiro atoms. The molecule has 0 aliphatic rings. The number of nitrogens with one attached hydrogen (secondary N) is 1. The largest absolute Gasteiger partial charge is 0.478 e. The Morgan fingerprint density at radius 3 is 2.18 bits per heavy atom. The van der Waals surface area contributed by atoms with E-state index in [1.807, 2.05) is 0 Å². The van der Waals surface area contributed by atoms with E-state index in [-0.39, 0.29) is 12.1 Å². The van der Waals surface area contributed by atoms with Gasteiger partial charge in [0.15, 0.2) is 0 Å². The third-order valence-corrected chi connectivity index (χ3v) is 1.21. The highest BCUT2D eigenvalue weighted by Crippen LogP contribution is 2.08. The second kappa shape index (κ2) is 3.85. The molecule has 0 aromatic rings. The zero-order valence-corrected chi connectivity index (χ0v) is 6.44. The molecule has 0 aromatic carbocycles. The van der Waals surface area contributed by atoms with Gasteiger partial charge in [-0.15, -0.1) is 0 Å². The van der Waals surface area contributed by atoms with Crippen LogP contribution >= 0.6 is 0 Å². The fraction of sp³-hybridized carbons (Fsp3) is 0.429. The third kappa shape index (κ3) is 2.49. The molecule has 0 aliphatic carbocycles. The summed E-state index contributed by atoms with van der Waals surface area (Å²) in [6.07, 6.45) is 0.225. The number of halogens is 1. The molecule has 0 amide bonds. The van der Waals surface area contributed by atoms with Crippen LogP contribution in [0.1, 0.15) is 20.3 Å². The maximum atomic E-state index is 12.4. The van der Waals surface area contributed by atoms with E-state index in [0.29, 0.717) is 0 Å². The van der Waals surface area contributed by atoms with Gasteiger partial charge in [0.1, 0.15) is 11.4 Å². The molecule has 4 heteroatoms. The summed E-state index contributed by atoms with van der Waals surface area (Å²) in [6.45, 7) is 2.64. The van der Waals surface area contributed by atoms with Gasteiger partial charge in [0.25, 0.3) is 0 Å². The molecule has 2 N–H and O–H groups in total. The summed E-state index contributed by atoms with van der Waals surface area (Å²) in [4.78, 5) is 10.3. The molecule has 0 bridgehead atoms. The lowest BCUT2D eigenvalue weighted by Gasteiger charge is -2.00. The van der Waals surface area contributed by atoms with E-state index in [1.165, 1.54) is 0 Å². The minimum Gasteiger partial charge on any atom is -0.478 e. The van der Waals surface area contributed by atoms with Crippen LogP contribution in [0, 0.1) is 5.41 Å². The highest BCUT2D eigenvalue weighted by atomic mass is 19.1. The molecular weight excluding hydrogens is 149 g/mol. The van der Waals surface area contributed by atoms with Gasteiger partial charge in [-0.05, 0) is 13.3 Å². The Morgan fingerprint density at radius 2 is 2.09 bits per heavy atom. The van der Waals surface area contributed by atoms with Crippen molar-refractivity contribution in [2.24, 2.45) is 0 Å². The molecule has 0 atom stereocenters. The summed E-state index contributed by atoms with van der Waals surface area (Å²) in [7, 11) is 0. The lowest BCUT2D eigenvalue weighted by Crippen LogP contribution is -2.11. The fourth-order valence-electron chi connectivity index (χ4n) is 0.661. The molecule has 0 radical (unpaired) electrons. The van der Waals surface area contributed by atoms with Crippen molar-refractivity contribution in [1.29, 1.82) is 5.41 Å². The van der Waals surface area contributed by atoms with Gasteiger partial charge in [-0.3, -0.25) is 0 Å². The van der Waals surface area contributed by atoms with Gasteiger partial charge in [0.05, 0.1) is 0 Å². The van der Waals surface area contributed by atoms with Crippen molar-refractivity contribution < 1.29 is 14.3 Å². The summed E-state index contributed by atoms with van der Waals surface area (Å²) >= 11 is 0. The van der Waals surface area contributed by atoms with Crippen LogP contribution in [-0.4, -0.2) is 16.8 Å². The summed E-state index contributed by atoms with van der Waals surface area (Å²) in [6, 6.07) is 0.